The maximum absolute atomic E-state index is 12.5. The Hall–Kier alpha value is -3.87. The summed E-state index contributed by atoms with van der Waals surface area (Å²) in [6.07, 6.45) is 0. The standard InChI is InChI=1S/C21H16N2O5/c1-27-20(25)16-15-10-8-13-12-6-4-3-5-11(12)7-9-14(13)23(15)18(19(22)24)17(16)21(26)28-2/h3-10H,1-2H3,(H2,22,24). The van der Waals surface area contributed by atoms with Gasteiger partial charge in [0.25, 0.3) is 5.91 Å². The first kappa shape index (κ1) is 17.5. The average Bonchev–Trinajstić information content (AvgIpc) is 3.08. The molecule has 0 saturated carbocycles. The molecule has 28 heavy (non-hydrogen) atoms. The van der Waals surface area contributed by atoms with Crippen LogP contribution in [0.2, 0.25) is 0 Å². The Balaban J connectivity index is 2.28. The maximum atomic E-state index is 12.5. The normalized spacial score (nSPS) is 11.1. The number of amides is 1. The molecule has 4 aromatic rings. The zero-order valence-electron chi connectivity index (χ0n) is 15.2. The topological polar surface area (TPSA) is 100 Å². The zero-order valence-corrected chi connectivity index (χ0v) is 15.2. The van der Waals surface area contributed by atoms with E-state index in [0.717, 1.165) is 16.2 Å². The number of primary amides is 1. The van der Waals surface area contributed by atoms with Crippen molar-refractivity contribution < 1.29 is 23.9 Å². The third-order valence-corrected chi connectivity index (χ3v) is 4.82. The fourth-order valence-electron chi connectivity index (χ4n) is 3.66. The Morgan fingerprint density at radius 3 is 2.11 bits per heavy atom. The highest BCUT2D eigenvalue weighted by molar-refractivity contribution is 6.17. The molecule has 0 aliphatic carbocycles. The molecule has 0 unspecified atom stereocenters. The third-order valence-electron chi connectivity index (χ3n) is 4.82. The van der Waals surface area contributed by atoms with Crippen LogP contribution in [0.25, 0.3) is 27.2 Å². The summed E-state index contributed by atoms with van der Waals surface area (Å²) >= 11 is 0. The first-order valence-corrected chi connectivity index (χ1v) is 8.45. The van der Waals surface area contributed by atoms with Crippen molar-refractivity contribution in [2.45, 2.75) is 0 Å². The highest BCUT2D eigenvalue weighted by atomic mass is 16.5. The summed E-state index contributed by atoms with van der Waals surface area (Å²) in [6, 6.07) is 15.0. The quantitative estimate of drug-likeness (QED) is 0.438. The van der Waals surface area contributed by atoms with E-state index in [1.807, 2.05) is 42.5 Å². The smallest absolute Gasteiger partial charge is 0.341 e. The van der Waals surface area contributed by atoms with Crippen molar-refractivity contribution in [1.82, 2.24) is 4.40 Å². The Morgan fingerprint density at radius 1 is 0.786 bits per heavy atom. The van der Waals surface area contributed by atoms with Crippen LogP contribution < -0.4 is 5.73 Å². The van der Waals surface area contributed by atoms with E-state index in [1.165, 1.54) is 18.6 Å². The number of hydrogen-bond acceptors (Lipinski definition) is 5. The minimum atomic E-state index is -0.855. The molecule has 4 rings (SSSR count). The van der Waals surface area contributed by atoms with Crippen LogP contribution in [-0.4, -0.2) is 36.5 Å². The number of nitrogens with zero attached hydrogens (tertiary/aromatic N) is 1. The summed E-state index contributed by atoms with van der Waals surface area (Å²) in [7, 11) is 2.37. The van der Waals surface area contributed by atoms with E-state index >= 15 is 0 Å². The fourth-order valence-corrected chi connectivity index (χ4v) is 3.66. The highest BCUT2D eigenvalue weighted by Crippen LogP contribution is 2.32. The number of esters is 2. The van der Waals surface area contributed by atoms with Gasteiger partial charge in [-0.2, -0.15) is 0 Å². The first-order chi connectivity index (χ1) is 13.5. The van der Waals surface area contributed by atoms with Gasteiger partial charge in [-0.3, -0.25) is 4.79 Å². The molecule has 2 aromatic carbocycles. The molecular weight excluding hydrogens is 360 g/mol. The minimum Gasteiger partial charge on any atom is -0.465 e. The predicted molar refractivity (Wildman–Crippen MR) is 104 cm³/mol. The van der Waals surface area contributed by atoms with Gasteiger partial charge in [-0.05, 0) is 22.9 Å². The molecule has 0 fully saturated rings. The van der Waals surface area contributed by atoms with Crippen molar-refractivity contribution in [2.24, 2.45) is 5.73 Å². The zero-order chi connectivity index (χ0) is 20.0. The van der Waals surface area contributed by atoms with Gasteiger partial charge in [-0.1, -0.05) is 36.4 Å². The number of nitrogens with two attached hydrogens (primary N) is 1. The third kappa shape index (κ3) is 2.33. The number of ether oxygens (including phenoxy) is 2. The van der Waals surface area contributed by atoms with Crippen molar-refractivity contribution in [3.05, 3.63) is 65.4 Å². The number of pyridine rings is 1. The predicted octanol–water partition coefficient (Wildman–Crippen LogP) is 2.92. The van der Waals surface area contributed by atoms with E-state index in [-0.39, 0.29) is 16.8 Å². The van der Waals surface area contributed by atoms with Crippen molar-refractivity contribution >= 4 is 45.0 Å². The van der Waals surface area contributed by atoms with Crippen LogP contribution >= 0.6 is 0 Å². The largest absolute Gasteiger partial charge is 0.465 e. The lowest BCUT2D eigenvalue weighted by molar-refractivity contribution is 0.0556. The minimum absolute atomic E-state index is 0.0572. The van der Waals surface area contributed by atoms with E-state index in [0.29, 0.717) is 11.0 Å². The Kier molecular flexibility index (Phi) is 4.00. The number of rotatable bonds is 3. The van der Waals surface area contributed by atoms with E-state index in [1.54, 1.807) is 6.07 Å². The molecule has 0 bridgehead atoms. The summed E-state index contributed by atoms with van der Waals surface area (Å²) in [4.78, 5) is 37.2. The molecule has 0 saturated heterocycles. The van der Waals surface area contributed by atoms with Crippen molar-refractivity contribution in [2.75, 3.05) is 14.2 Å². The average molecular weight is 376 g/mol. The Bertz CT molecular complexity index is 1300. The number of fused-ring (bicyclic) bond motifs is 5. The van der Waals surface area contributed by atoms with Gasteiger partial charge in [0.05, 0.1) is 25.3 Å². The lowest BCUT2D eigenvalue weighted by Gasteiger charge is -2.09. The SMILES string of the molecule is COC(=O)c1c(C(=O)OC)c2ccc3c4ccccc4ccc3n2c1C(N)=O. The molecule has 0 radical (unpaired) electrons. The summed E-state index contributed by atoms with van der Waals surface area (Å²) in [5.41, 5.74) is 6.19. The van der Waals surface area contributed by atoms with Crippen LogP contribution in [0.1, 0.15) is 31.2 Å². The van der Waals surface area contributed by atoms with Crippen LogP contribution in [0.15, 0.2) is 48.5 Å². The highest BCUT2D eigenvalue weighted by Gasteiger charge is 2.32. The van der Waals surface area contributed by atoms with Crippen LogP contribution in [0.5, 0.6) is 0 Å². The summed E-state index contributed by atoms with van der Waals surface area (Å²) < 4.78 is 11.2. The van der Waals surface area contributed by atoms with Crippen LogP contribution in [0.4, 0.5) is 0 Å². The van der Waals surface area contributed by atoms with Gasteiger partial charge in [-0.25, -0.2) is 9.59 Å². The second-order valence-corrected chi connectivity index (χ2v) is 6.22. The molecule has 7 nitrogen and oxygen atoms in total. The van der Waals surface area contributed by atoms with Gasteiger partial charge in [0, 0.05) is 5.39 Å². The molecule has 0 spiro atoms. The lowest BCUT2D eigenvalue weighted by atomic mass is 10.0. The van der Waals surface area contributed by atoms with Gasteiger partial charge in [0.15, 0.2) is 0 Å². The summed E-state index contributed by atoms with van der Waals surface area (Å²) in [5, 5.41) is 2.82. The molecule has 0 aliphatic heterocycles. The summed E-state index contributed by atoms with van der Waals surface area (Å²) in [5.74, 6) is -2.46. The van der Waals surface area contributed by atoms with Gasteiger partial charge in [0.2, 0.25) is 0 Å². The molecule has 2 aromatic heterocycles. The van der Waals surface area contributed by atoms with Gasteiger partial charge in [0.1, 0.15) is 16.8 Å². The second kappa shape index (κ2) is 6.38. The van der Waals surface area contributed by atoms with Crippen LogP contribution in [0.3, 0.4) is 0 Å². The van der Waals surface area contributed by atoms with Crippen molar-refractivity contribution in [3.8, 4) is 0 Å². The summed E-state index contributed by atoms with van der Waals surface area (Å²) in [6.45, 7) is 0. The van der Waals surface area contributed by atoms with Crippen molar-refractivity contribution in [3.63, 3.8) is 0 Å². The molecule has 140 valence electrons. The number of hydrogen-bond donors (Lipinski definition) is 1. The number of methoxy groups -OCH3 is 2. The fraction of sp³-hybridized carbons (Fsp3) is 0.0952. The number of carbonyl (C=O) groups is 3. The van der Waals surface area contributed by atoms with E-state index in [2.05, 4.69) is 0 Å². The Labute approximate surface area is 159 Å². The van der Waals surface area contributed by atoms with Gasteiger partial charge < -0.3 is 19.6 Å². The van der Waals surface area contributed by atoms with E-state index in [9.17, 15) is 14.4 Å². The maximum Gasteiger partial charge on any atom is 0.341 e. The molecule has 0 aliphatic rings. The van der Waals surface area contributed by atoms with Crippen LogP contribution in [0, 0.1) is 0 Å². The molecular formula is C21H16N2O5. The Morgan fingerprint density at radius 2 is 1.43 bits per heavy atom. The first-order valence-electron chi connectivity index (χ1n) is 8.45. The molecule has 2 N–H and O–H groups in total. The molecule has 2 heterocycles. The van der Waals surface area contributed by atoms with Crippen molar-refractivity contribution in [1.29, 1.82) is 0 Å². The lowest BCUT2D eigenvalue weighted by Crippen LogP contribution is -2.19. The van der Waals surface area contributed by atoms with Gasteiger partial charge >= 0.3 is 11.9 Å². The van der Waals surface area contributed by atoms with E-state index < -0.39 is 17.8 Å². The monoisotopic (exact) mass is 376 g/mol. The molecule has 1 amide bonds. The molecule has 7 heteroatoms. The van der Waals surface area contributed by atoms with E-state index in [4.69, 9.17) is 15.2 Å². The number of carbonyl (C=O) groups excluding carboxylic acids is 3. The van der Waals surface area contributed by atoms with Gasteiger partial charge in [-0.15, -0.1) is 0 Å². The number of aromatic nitrogens is 1. The number of benzene rings is 2. The second-order valence-electron chi connectivity index (χ2n) is 6.22. The van der Waals surface area contributed by atoms with Crippen LogP contribution in [-0.2, 0) is 9.47 Å². The molecule has 0 atom stereocenters.